The highest BCUT2D eigenvalue weighted by molar-refractivity contribution is 14.0. The lowest BCUT2D eigenvalue weighted by Crippen LogP contribution is -2.55. The van der Waals surface area contributed by atoms with Crippen molar-refractivity contribution in [2.24, 2.45) is 12.0 Å². The van der Waals surface area contributed by atoms with Gasteiger partial charge in [-0.1, -0.05) is 5.92 Å². The molecule has 2 heterocycles. The van der Waals surface area contributed by atoms with Gasteiger partial charge in [0.25, 0.3) is 0 Å². The Hall–Kier alpha value is -1.76. The maximum Gasteiger partial charge on any atom is 0.246 e. The molecular formula is C13H19IN6O. The molecule has 1 aromatic heterocycles. The molecule has 1 saturated heterocycles. The summed E-state index contributed by atoms with van der Waals surface area (Å²) in [5.41, 5.74) is 0.823. The highest BCUT2D eigenvalue weighted by Gasteiger charge is 2.27. The standard InChI is InChI=1S/C13H18N6O.HI/c1-4-5-15-13(14-2)18-6-7-19(12(20)10-18)11-8-16-17(3)9-11;/h1,8-9H,5-7,10H2,2-3H3,(H,14,15);1H. The lowest BCUT2D eigenvalue weighted by atomic mass is 10.3. The first-order chi connectivity index (χ1) is 9.65. The van der Waals surface area contributed by atoms with Gasteiger partial charge in [-0.2, -0.15) is 5.10 Å². The molecule has 1 amide bonds. The van der Waals surface area contributed by atoms with Gasteiger partial charge in [0.15, 0.2) is 5.96 Å². The molecule has 0 saturated carbocycles. The van der Waals surface area contributed by atoms with Gasteiger partial charge in [0.05, 0.1) is 18.4 Å². The van der Waals surface area contributed by atoms with Crippen molar-refractivity contribution in [1.82, 2.24) is 20.0 Å². The van der Waals surface area contributed by atoms with Gasteiger partial charge in [-0.25, -0.2) is 0 Å². The van der Waals surface area contributed by atoms with E-state index in [-0.39, 0.29) is 36.4 Å². The van der Waals surface area contributed by atoms with E-state index in [1.807, 2.05) is 18.1 Å². The Balaban J connectivity index is 0.00000220. The van der Waals surface area contributed by atoms with Crippen LogP contribution in [-0.4, -0.2) is 59.8 Å². The van der Waals surface area contributed by atoms with Crippen molar-refractivity contribution >= 4 is 41.5 Å². The summed E-state index contributed by atoms with van der Waals surface area (Å²) >= 11 is 0. The Morgan fingerprint density at radius 3 is 2.86 bits per heavy atom. The van der Waals surface area contributed by atoms with Crippen LogP contribution in [0.4, 0.5) is 5.69 Å². The van der Waals surface area contributed by atoms with Crippen LogP contribution in [0.2, 0.25) is 0 Å². The average Bonchev–Trinajstić information content (AvgIpc) is 2.86. The minimum atomic E-state index is 0. The van der Waals surface area contributed by atoms with Crippen molar-refractivity contribution < 1.29 is 4.79 Å². The van der Waals surface area contributed by atoms with Crippen molar-refractivity contribution in [2.75, 3.05) is 38.1 Å². The second-order valence-electron chi connectivity index (χ2n) is 4.44. The van der Waals surface area contributed by atoms with Crippen LogP contribution in [0.1, 0.15) is 0 Å². The van der Waals surface area contributed by atoms with Gasteiger partial charge in [-0.15, -0.1) is 30.4 Å². The molecule has 0 bridgehead atoms. The van der Waals surface area contributed by atoms with Gasteiger partial charge in [0, 0.05) is 33.4 Å². The largest absolute Gasteiger partial charge is 0.345 e. The molecule has 1 aromatic rings. The lowest BCUT2D eigenvalue weighted by molar-refractivity contribution is -0.120. The molecule has 21 heavy (non-hydrogen) atoms. The van der Waals surface area contributed by atoms with E-state index in [1.165, 1.54) is 0 Å². The number of anilines is 1. The van der Waals surface area contributed by atoms with Gasteiger partial charge >= 0.3 is 0 Å². The van der Waals surface area contributed by atoms with Crippen LogP contribution >= 0.6 is 24.0 Å². The van der Waals surface area contributed by atoms with Crippen LogP contribution in [-0.2, 0) is 11.8 Å². The number of aliphatic imine (C=N–C) groups is 1. The first-order valence-corrected chi connectivity index (χ1v) is 6.33. The molecule has 8 heteroatoms. The van der Waals surface area contributed by atoms with Gasteiger partial charge in [-0.05, 0) is 0 Å². The number of hydrogen-bond donors (Lipinski definition) is 1. The summed E-state index contributed by atoms with van der Waals surface area (Å²) in [4.78, 5) is 20.0. The van der Waals surface area contributed by atoms with Crippen molar-refractivity contribution in [3.8, 4) is 12.3 Å². The number of piperazine rings is 1. The van der Waals surface area contributed by atoms with E-state index in [0.29, 0.717) is 25.6 Å². The Labute approximate surface area is 141 Å². The van der Waals surface area contributed by atoms with E-state index in [2.05, 4.69) is 21.3 Å². The molecule has 7 nitrogen and oxygen atoms in total. The Morgan fingerprint density at radius 1 is 1.57 bits per heavy atom. The van der Waals surface area contributed by atoms with E-state index in [9.17, 15) is 4.79 Å². The van der Waals surface area contributed by atoms with Crippen LogP contribution in [0, 0.1) is 12.3 Å². The smallest absolute Gasteiger partial charge is 0.246 e. The number of hydrogen-bond acceptors (Lipinski definition) is 3. The summed E-state index contributed by atoms with van der Waals surface area (Å²) in [6, 6.07) is 0. The SMILES string of the molecule is C#CCNC(=NC)N1CCN(c2cnn(C)c2)C(=O)C1.I. The molecule has 2 rings (SSSR count). The van der Waals surface area contributed by atoms with E-state index in [1.54, 1.807) is 22.8 Å². The van der Waals surface area contributed by atoms with Gasteiger partial charge in [0.2, 0.25) is 5.91 Å². The third-order valence-electron chi connectivity index (χ3n) is 3.08. The van der Waals surface area contributed by atoms with Crippen LogP contribution < -0.4 is 10.2 Å². The normalized spacial score (nSPS) is 15.5. The van der Waals surface area contributed by atoms with Crippen molar-refractivity contribution in [3.63, 3.8) is 0 Å². The van der Waals surface area contributed by atoms with Gasteiger partial charge in [-0.3, -0.25) is 14.5 Å². The summed E-state index contributed by atoms with van der Waals surface area (Å²) in [6.45, 7) is 1.97. The monoisotopic (exact) mass is 402 g/mol. The van der Waals surface area contributed by atoms with E-state index in [4.69, 9.17) is 6.42 Å². The molecule has 0 aliphatic carbocycles. The first-order valence-electron chi connectivity index (χ1n) is 6.33. The maximum absolute atomic E-state index is 12.2. The third kappa shape index (κ3) is 4.10. The molecule has 114 valence electrons. The summed E-state index contributed by atoms with van der Waals surface area (Å²) in [7, 11) is 3.51. The number of amides is 1. The molecule has 0 atom stereocenters. The fourth-order valence-corrected chi connectivity index (χ4v) is 2.14. The van der Waals surface area contributed by atoms with E-state index in [0.717, 1.165) is 5.69 Å². The zero-order valence-electron chi connectivity index (χ0n) is 12.1. The lowest BCUT2D eigenvalue weighted by Gasteiger charge is -2.35. The summed E-state index contributed by atoms with van der Waals surface area (Å²) in [5, 5.41) is 7.11. The van der Waals surface area contributed by atoms with Crippen LogP contribution in [0.15, 0.2) is 17.4 Å². The summed E-state index contributed by atoms with van der Waals surface area (Å²) < 4.78 is 1.68. The van der Waals surface area contributed by atoms with Crippen molar-refractivity contribution in [2.45, 2.75) is 0 Å². The second-order valence-corrected chi connectivity index (χ2v) is 4.44. The maximum atomic E-state index is 12.2. The number of rotatable bonds is 2. The summed E-state index contributed by atoms with van der Waals surface area (Å²) in [5.74, 6) is 3.17. The van der Waals surface area contributed by atoms with E-state index >= 15 is 0 Å². The number of nitrogens with zero attached hydrogens (tertiary/aromatic N) is 5. The Bertz CT molecular complexity index is 561. The molecule has 1 N–H and O–H groups in total. The number of terminal acetylenes is 1. The van der Waals surface area contributed by atoms with Crippen LogP contribution in [0.25, 0.3) is 0 Å². The second kappa shape index (κ2) is 7.87. The molecule has 1 fully saturated rings. The zero-order valence-corrected chi connectivity index (χ0v) is 14.4. The topological polar surface area (TPSA) is 65.8 Å². The predicted molar refractivity (Wildman–Crippen MR) is 92.7 cm³/mol. The third-order valence-corrected chi connectivity index (χ3v) is 3.08. The average molecular weight is 402 g/mol. The molecular weight excluding hydrogens is 383 g/mol. The zero-order chi connectivity index (χ0) is 14.5. The van der Waals surface area contributed by atoms with Crippen LogP contribution in [0.3, 0.4) is 0 Å². The molecule has 1 aliphatic rings. The quantitative estimate of drug-likeness (QED) is 0.325. The highest BCUT2D eigenvalue weighted by atomic mass is 127. The predicted octanol–water partition coefficient (Wildman–Crippen LogP) is -0.105. The summed E-state index contributed by atoms with van der Waals surface area (Å²) in [6.07, 6.45) is 8.74. The van der Waals surface area contributed by atoms with Gasteiger partial charge in [0.1, 0.15) is 6.54 Å². The molecule has 0 radical (unpaired) electrons. The minimum absolute atomic E-state index is 0. The number of nitrogens with one attached hydrogen (secondary N) is 1. The number of halogens is 1. The number of carbonyl (C=O) groups is 1. The fourth-order valence-electron chi connectivity index (χ4n) is 2.14. The Kier molecular flexibility index (Phi) is 6.48. The Morgan fingerprint density at radius 2 is 2.33 bits per heavy atom. The molecule has 0 spiro atoms. The number of guanidine groups is 1. The number of aromatic nitrogens is 2. The number of aryl methyl sites for hydroxylation is 1. The van der Waals surface area contributed by atoms with Gasteiger partial charge < -0.3 is 15.1 Å². The van der Waals surface area contributed by atoms with Crippen molar-refractivity contribution in [3.05, 3.63) is 12.4 Å². The van der Waals surface area contributed by atoms with Crippen LogP contribution in [0.5, 0.6) is 0 Å². The highest BCUT2D eigenvalue weighted by Crippen LogP contribution is 2.15. The fraction of sp³-hybridized carbons (Fsp3) is 0.462. The molecule has 0 aromatic carbocycles. The van der Waals surface area contributed by atoms with Crippen molar-refractivity contribution in [1.29, 1.82) is 0 Å². The number of carbonyl (C=O) groups excluding carboxylic acids is 1. The minimum Gasteiger partial charge on any atom is -0.345 e. The first kappa shape index (κ1) is 17.3. The molecule has 1 aliphatic heterocycles. The van der Waals surface area contributed by atoms with E-state index < -0.39 is 0 Å². The molecule has 0 unspecified atom stereocenters.